The zero-order valence-electron chi connectivity index (χ0n) is 15.8. The SMILES string of the molecule is COCc1cccc(C(=O)Nc2cccc(NC(=O)C(C)n3cccn3)c2)c1. The van der Waals surface area contributed by atoms with Gasteiger partial charge in [-0.15, -0.1) is 0 Å². The molecule has 7 nitrogen and oxygen atoms in total. The second-order valence-corrected chi connectivity index (χ2v) is 6.32. The molecule has 1 aromatic heterocycles. The summed E-state index contributed by atoms with van der Waals surface area (Å²) >= 11 is 0. The molecule has 3 aromatic rings. The van der Waals surface area contributed by atoms with E-state index in [0.717, 1.165) is 5.56 Å². The zero-order valence-corrected chi connectivity index (χ0v) is 15.8. The molecule has 3 rings (SSSR count). The number of methoxy groups -OCH3 is 1. The van der Waals surface area contributed by atoms with Crippen LogP contribution in [0, 0.1) is 0 Å². The largest absolute Gasteiger partial charge is 0.380 e. The molecule has 144 valence electrons. The Balaban J connectivity index is 1.67. The van der Waals surface area contributed by atoms with Gasteiger partial charge in [-0.1, -0.05) is 18.2 Å². The van der Waals surface area contributed by atoms with Crippen molar-refractivity contribution in [2.24, 2.45) is 0 Å². The number of nitrogens with one attached hydrogen (secondary N) is 2. The second kappa shape index (κ2) is 8.96. The first-order valence-corrected chi connectivity index (χ1v) is 8.86. The first kappa shape index (κ1) is 19.3. The Morgan fingerprint density at radius 2 is 1.82 bits per heavy atom. The molecule has 0 fully saturated rings. The summed E-state index contributed by atoms with van der Waals surface area (Å²) in [7, 11) is 1.61. The highest BCUT2D eigenvalue weighted by molar-refractivity contribution is 6.04. The number of rotatable bonds is 7. The maximum absolute atomic E-state index is 12.5. The fourth-order valence-corrected chi connectivity index (χ4v) is 2.72. The third-order valence-electron chi connectivity index (χ3n) is 4.19. The Bertz CT molecular complexity index is 954. The highest BCUT2D eigenvalue weighted by Gasteiger charge is 2.15. The lowest BCUT2D eigenvalue weighted by Crippen LogP contribution is -2.24. The number of carbonyl (C=O) groups excluding carboxylic acids is 2. The number of hydrogen-bond acceptors (Lipinski definition) is 4. The molecule has 0 spiro atoms. The van der Waals surface area contributed by atoms with E-state index < -0.39 is 6.04 Å². The van der Waals surface area contributed by atoms with Crippen molar-refractivity contribution in [1.29, 1.82) is 0 Å². The van der Waals surface area contributed by atoms with Crippen LogP contribution in [-0.2, 0) is 16.1 Å². The molecule has 7 heteroatoms. The van der Waals surface area contributed by atoms with Crippen molar-refractivity contribution in [3.05, 3.63) is 78.1 Å². The Hall–Kier alpha value is -3.45. The second-order valence-electron chi connectivity index (χ2n) is 6.32. The zero-order chi connectivity index (χ0) is 19.9. The quantitative estimate of drug-likeness (QED) is 0.659. The number of anilines is 2. The van der Waals surface area contributed by atoms with Gasteiger partial charge in [0.05, 0.1) is 6.61 Å². The maximum atomic E-state index is 12.5. The molecule has 0 aliphatic carbocycles. The third kappa shape index (κ3) is 4.83. The van der Waals surface area contributed by atoms with E-state index in [9.17, 15) is 9.59 Å². The molecule has 0 saturated heterocycles. The van der Waals surface area contributed by atoms with Gasteiger partial charge >= 0.3 is 0 Å². The molecule has 0 bridgehead atoms. The molecule has 1 unspecified atom stereocenters. The van der Waals surface area contributed by atoms with Crippen LogP contribution in [0.15, 0.2) is 67.0 Å². The van der Waals surface area contributed by atoms with Gasteiger partial charge in [0, 0.05) is 36.4 Å². The molecule has 1 heterocycles. The minimum absolute atomic E-state index is 0.195. The normalized spacial score (nSPS) is 11.6. The van der Waals surface area contributed by atoms with Gasteiger partial charge in [0.2, 0.25) is 5.91 Å². The molecule has 1 atom stereocenters. The number of carbonyl (C=O) groups is 2. The lowest BCUT2D eigenvalue weighted by molar-refractivity contribution is -0.119. The lowest BCUT2D eigenvalue weighted by atomic mass is 10.1. The van der Waals surface area contributed by atoms with Crippen LogP contribution < -0.4 is 10.6 Å². The van der Waals surface area contributed by atoms with Crippen molar-refractivity contribution in [1.82, 2.24) is 9.78 Å². The van der Waals surface area contributed by atoms with Crippen molar-refractivity contribution in [3.63, 3.8) is 0 Å². The average Bonchev–Trinajstić information content (AvgIpc) is 3.23. The fraction of sp³-hybridized carbons (Fsp3) is 0.190. The minimum Gasteiger partial charge on any atom is -0.380 e. The van der Waals surface area contributed by atoms with Crippen LogP contribution in [0.5, 0.6) is 0 Å². The summed E-state index contributed by atoms with van der Waals surface area (Å²) in [5, 5.41) is 9.77. The Morgan fingerprint density at radius 1 is 1.07 bits per heavy atom. The topological polar surface area (TPSA) is 85.3 Å². The van der Waals surface area contributed by atoms with Crippen molar-refractivity contribution >= 4 is 23.2 Å². The highest BCUT2D eigenvalue weighted by Crippen LogP contribution is 2.18. The average molecular weight is 378 g/mol. The minimum atomic E-state index is -0.447. The Labute approximate surface area is 163 Å². The summed E-state index contributed by atoms with van der Waals surface area (Å²) in [6, 6.07) is 15.6. The summed E-state index contributed by atoms with van der Waals surface area (Å²) < 4.78 is 6.68. The monoisotopic (exact) mass is 378 g/mol. The number of benzene rings is 2. The predicted octanol–water partition coefficient (Wildman–Crippen LogP) is 3.48. The van der Waals surface area contributed by atoms with Crippen molar-refractivity contribution in [3.8, 4) is 0 Å². The van der Waals surface area contributed by atoms with Gasteiger partial charge in [-0.25, -0.2) is 0 Å². The molecule has 0 saturated carbocycles. The number of amides is 2. The van der Waals surface area contributed by atoms with E-state index in [0.29, 0.717) is 23.5 Å². The van der Waals surface area contributed by atoms with Gasteiger partial charge in [-0.2, -0.15) is 5.10 Å². The molecule has 0 aliphatic rings. The summed E-state index contributed by atoms with van der Waals surface area (Å²) in [6.07, 6.45) is 3.36. The van der Waals surface area contributed by atoms with Gasteiger partial charge in [0.1, 0.15) is 6.04 Å². The molecular formula is C21H22N4O3. The Kier molecular flexibility index (Phi) is 6.18. The summed E-state index contributed by atoms with van der Waals surface area (Å²) in [6.45, 7) is 2.21. The van der Waals surface area contributed by atoms with E-state index in [-0.39, 0.29) is 11.8 Å². The lowest BCUT2D eigenvalue weighted by Gasteiger charge is -2.13. The fourth-order valence-electron chi connectivity index (χ4n) is 2.72. The van der Waals surface area contributed by atoms with E-state index >= 15 is 0 Å². The van der Waals surface area contributed by atoms with Gasteiger partial charge in [0.25, 0.3) is 5.91 Å². The van der Waals surface area contributed by atoms with Crippen molar-refractivity contribution < 1.29 is 14.3 Å². The van der Waals surface area contributed by atoms with E-state index in [2.05, 4.69) is 15.7 Å². The van der Waals surface area contributed by atoms with E-state index in [1.54, 1.807) is 73.6 Å². The molecule has 0 radical (unpaired) electrons. The van der Waals surface area contributed by atoms with Crippen LogP contribution in [-0.4, -0.2) is 28.7 Å². The third-order valence-corrected chi connectivity index (χ3v) is 4.19. The molecule has 2 amide bonds. The van der Waals surface area contributed by atoms with Crippen LogP contribution in [0.3, 0.4) is 0 Å². The number of ether oxygens (including phenoxy) is 1. The molecule has 28 heavy (non-hydrogen) atoms. The van der Waals surface area contributed by atoms with Gasteiger partial charge < -0.3 is 15.4 Å². The molecule has 2 N–H and O–H groups in total. The Morgan fingerprint density at radius 3 is 2.54 bits per heavy atom. The predicted molar refractivity (Wildman–Crippen MR) is 107 cm³/mol. The van der Waals surface area contributed by atoms with Crippen LogP contribution in [0.1, 0.15) is 28.9 Å². The van der Waals surface area contributed by atoms with Crippen LogP contribution in [0.2, 0.25) is 0 Å². The van der Waals surface area contributed by atoms with Crippen LogP contribution >= 0.6 is 0 Å². The van der Waals surface area contributed by atoms with E-state index in [4.69, 9.17) is 4.74 Å². The van der Waals surface area contributed by atoms with Crippen LogP contribution in [0.25, 0.3) is 0 Å². The summed E-state index contributed by atoms with van der Waals surface area (Å²) in [5.41, 5.74) is 2.64. The smallest absolute Gasteiger partial charge is 0.255 e. The van der Waals surface area contributed by atoms with Crippen molar-refractivity contribution in [2.45, 2.75) is 19.6 Å². The highest BCUT2D eigenvalue weighted by atomic mass is 16.5. The van der Waals surface area contributed by atoms with Gasteiger partial charge in [0.15, 0.2) is 0 Å². The molecular weight excluding hydrogens is 356 g/mol. The first-order chi connectivity index (χ1) is 13.6. The van der Waals surface area contributed by atoms with Gasteiger partial charge in [-0.3, -0.25) is 14.3 Å². The van der Waals surface area contributed by atoms with E-state index in [1.165, 1.54) is 0 Å². The summed E-state index contributed by atoms with van der Waals surface area (Å²) in [5.74, 6) is -0.425. The first-order valence-electron chi connectivity index (χ1n) is 8.86. The standard InChI is InChI=1S/C21H22N4O3/c1-15(25-11-5-10-22-25)20(26)23-18-8-4-9-19(13-18)24-21(27)17-7-3-6-16(12-17)14-28-2/h3-13,15H,14H2,1-2H3,(H,23,26)(H,24,27). The number of nitrogens with zero attached hydrogens (tertiary/aromatic N) is 2. The molecule has 2 aromatic carbocycles. The summed E-state index contributed by atoms with van der Waals surface area (Å²) in [4.78, 5) is 24.9. The van der Waals surface area contributed by atoms with Crippen molar-refractivity contribution in [2.75, 3.05) is 17.7 Å². The number of aromatic nitrogens is 2. The number of hydrogen-bond donors (Lipinski definition) is 2. The van der Waals surface area contributed by atoms with Gasteiger partial charge in [-0.05, 0) is 48.9 Å². The van der Waals surface area contributed by atoms with Crippen LogP contribution in [0.4, 0.5) is 11.4 Å². The van der Waals surface area contributed by atoms with E-state index in [1.807, 2.05) is 12.1 Å². The maximum Gasteiger partial charge on any atom is 0.255 e. The molecule has 0 aliphatic heterocycles.